The molecule has 2 amide bonds. The molecule has 12 nitrogen and oxygen atoms in total. The van der Waals surface area contributed by atoms with Gasteiger partial charge in [-0.25, -0.2) is 4.79 Å². The molecular weight excluding hydrogens is 1060 g/mol. The molecular formula is C62H69N3O9S4. The fourth-order valence-electron chi connectivity index (χ4n) is 7.32. The number of carbonyl (C=O) groups excluding carboxylic acids is 7. The fraction of sp³-hybridized carbons (Fsp3) is 0.290. The van der Waals surface area contributed by atoms with Crippen LogP contribution in [-0.2, 0) is 19.2 Å². The van der Waals surface area contributed by atoms with Crippen molar-refractivity contribution < 1.29 is 43.5 Å². The van der Waals surface area contributed by atoms with Gasteiger partial charge in [0.1, 0.15) is 17.6 Å². The highest BCUT2D eigenvalue weighted by molar-refractivity contribution is 8.00. The number of rotatable bonds is 26. The standard InChI is InChI=1S/C31H33NO4S2.C30H31NO5S2.CH5N/c1-20-5-13-27(14-6-20)37-18-26(19-38-28-15-7-21(2)8-16-28)30(35)24-9-11-25(12-10-24)31(36)32-29(23(4)34)17-22(3)33;1-19-4-12-25(13-5-19)37-17-24(18-38-26-14-6-20(2)7-15-26)28(33)22-8-10-23(11-9-22)29(34)31-27(30(35)36)16-21(3)32;1-2/h5-16,26,29H,17-19H2,1-4H3,(H,32,36);4-15,24,27H,16-18H2,1-3H3,(H,31,34)(H,35,36);2H2,1H3. The number of hydrogen-bond acceptors (Lipinski definition) is 13. The molecule has 0 heterocycles. The molecule has 78 heavy (non-hydrogen) atoms. The van der Waals surface area contributed by atoms with Crippen LogP contribution in [-0.4, -0.2) is 93.9 Å². The molecule has 5 N–H and O–H groups in total. The minimum atomic E-state index is -1.30. The lowest BCUT2D eigenvalue weighted by atomic mass is 9.99. The van der Waals surface area contributed by atoms with Gasteiger partial charge >= 0.3 is 5.97 Å². The Hall–Kier alpha value is -6.56. The van der Waals surface area contributed by atoms with Crippen LogP contribution in [0.1, 0.15) is 97.3 Å². The smallest absolute Gasteiger partial charge is 0.326 e. The van der Waals surface area contributed by atoms with Gasteiger partial charge in [-0.2, -0.15) is 0 Å². The molecule has 410 valence electrons. The molecule has 0 spiro atoms. The monoisotopic (exact) mass is 1130 g/mol. The highest BCUT2D eigenvalue weighted by Crippen LogP contribution is 2.31. The van der Waals surface area contributed by atoms with Crippen molar-refractivity contribution in [2.24, 2.45) is 17.6 Å². The average Bonchev–Trinajstić information content (AvgIpc) is 3.43. The number of Topliss-reactive ketones (excluding diaryl/α,β-unsaturated/α-hetero) is 5. The van der Waals surface area contributed by atoms with E-state index in [2.05, 4.69) is 113 Å². The lowest BCUT2D eigenvalue weighted by Gasteiger charge is -2.17. The predicted octanol–water partition coefficient (Wildman–Crippen LogP) is 11.8. The van der Waals surface area contributed by atoms with Crippen LogP contribution >= 0.6 is 47.0 Å². The summed E-state index contributed by atoms with van der Waals surface area (Å²) in [4.78, 5) is 103. The van der Waals surface area contributed by atoms with Gasteiger partial charge < -0.3 is 21.5 Å². The van der Waals surface area contributed by atoms with Crippen molar-refractivity contribution >= 4 is 93.7 Å². The van der Waals surface area contributed by atoms with E-state index < -0.39 is 29.9 Å². The Kier molecular flexibility index (Phi) is 27.1. The van der Waals surface area contributed by atoms with Gasteiger partial charge in [0.15, 0.2) is 17.3 Å². The zero-order valence-electron chi connectivity index (χ0n) is 45.3. The van der Waals surface area contributed by atoms with E-state index in [9.17, 15) is 43.5 Å². The largest absolute Gasteiger partial charge is 0.480 e. The summed E-state index contributed by atoms with van der Waals surface area (Å²) in [6.07, 6.45) is -0.340. The zero-order chi connectivity index (χ0) is 57.3. The first-order valence-corrected chi connectivity index (χ1v) is 29.2. The molecule has 0 fully saturated rings. The maximum Gasteiger partial charge on any atom is 0.326 e. The van der Waals surface area contributed by atoms with Crippen molar-refractivity contribution in [3.63, 3.8) is 0 Å². The second kappa shape index (κ2) is 33.0. The molecule has 6 aromatic rings. The summed E-state index contributed by atoms with van der Waals surface area (Å²) in [7, 11) is 1.50. The molecule has 0 aliphatic heterocycles. The molecule has 0 bridgehead atoms. The van der Waals surface area contributed by atoms with Gasteiger partial charge in [-0.3, -0.25) is 33.6 Å². The number of hydrogen-bond donors (Lipinski definition) is 4. The Morgan fingerprint density at radius 3 is 0.885 bits per heavy atom. The van der Waals surface area contributed by atoms with Crippen LogP contribution in [0.15, 0.2) is 165 Å². The number of aliphatic carboxylic acids is 1. The third-order valence-electron chi connectivity index (χ3n) is 11.9. The van der Waals surface area contributed by atoms with Gasteiger partial charge in [0.05, 0.1) is 6.04 Å². The van der Waals surface area contributed by atoms with Crippen molar-refractivity contribution in [1.29, 1.82) is 0 Å². The van der Waals surface area contributed by atoms with Gasteiger partial charge in [0.2, 0.25) is 0 Å². The molecule has 2 atom stereocenters. The van der Waals surface area contributed by atoms with E-state index in [1.807, 2.05) is 27.7 Å². The van der Waals surface area contributed by atoms with Gasteiger partial charge in [-0.15, -0.1) is 47.0 Å². The first-order chi connectivity index (χ1) is 37.2. The van der Waals surface area contributed by atoms with Crippen LogP contribution < -0.4 is 16.4 Å². The number of carboxylic acid groups (broad SMARTS) is 1. The second-order valence-corrected chi connectivity index (χ2v) is 23.0. The SMILES string of the molecule is CC(=O)CC(NC(=O)c1ccc(C(=O)C(CSc2ccc(C)cc2)CSc2ccc(C)cc2)cc1)C(=O)O.CC(=O)CC(NC(=O)c1ccc(C(=O)C(CSc2ccc(C)cc2)CSc2ccc(C)cc2)cc1)C(C)=O.CN. The maximum absolute atomic E-state index is 13.6. The Morgan fingerprint density at radius 2 is 0.641 bits per heavy atom. The number of benzene rings is 6. The molecule has 6 aromatic carbocycles. The number of aryl methyl sites for hydroxylation is 4. The van der Waals surface area contributed by atoms with Crippen molar-refractivity contribution in [2.45, 2.75) is 93.0 Å². The number of ketones is 5. The summed E-state index contributed by atoms with van der Waals surface area (Å²) in [5.74, 6) is -1.15. The van der Waals surface area contributed by atoms with Crippen LogP contribution in [0.3, 0.4) is 0 Å². The van der Waals surface area contributed by atoms with Crippen LogP contribution in [0, 0.1) is 39.5 Å². The van der Waals surface area contributed by atoms with E-state index in [-0.39, 0.29) is 59.2 Å². The molecule has 0 radical (unpaired) electrons. The molecule has 0 saturated heterocycles. The lowest BCUT2D eigenvalue weighted by Crippen LogP contribution is -2.41. The summed E-state index contributed by atoms with van der Waals surface area (Å²) < 4.78 is 0. The summed E-state index contributed by atoms with van der Waals surface area (Å²) >= 11 is 6.60. The van der Waals surface area contributed by atoms with E-state index in [4.69, 9.17) is 0 Å². The van der Waals surface area contributed by atoms with Crippen molar-refractivity contribution in [2.75, 3.05) is 30.1 Å². The van der Waals surface area contributed by atoms with Gasteiger partial charge in [-0.1, -0.05) is 95.1 Å². The quantitative estimate of drug-likeness (QED) is 0.0295. The molecule has 16 heteroatoms. The third-order valence-corrected chi connectivity index (χ3v) is 16.6. The van der Waals surface area contributed by atoms with Crippen molar-refractivity contribution in [3.8, 4) is 0 Å². The molecule has 0 aromatic heterocycles. The highest BCUT2D eigenvalue weighted by Gasteiger charge is 2.26. The highest BCUT2D eigenvalue weighted by atomic mass is 32.2. The van der Waals surface area contributed by atoms with E-state index >= 15 is 0 Å². The predicted molar refractivity (Wildman–Crippen MR) is 318 cm³/mol. The van der Waals surface area contributed by atoms with Crippen molar-refractivity contribution in [3.05, 3.63) is 190 Å². The summed E-state index contributed by atoms with van der Waals surface area (Å²) in [6.45, 7) is 12.2. The van der Waals surface area contributed by atoms with E-state index in [0.717, 1.165) is 19.6 Å². The van der Waals surface area contributed by atoms with Gasteiger partial charge in [0.25, 0.3) is 11.8 Å². The number of carbonyl (C=O) groups is 8. The summed E-state index contributed by atoms with van der Waals surface area (Å²) in [5, 5.41) is 14.3. The number of amides is 2. The maximum atomic E-state index is 13.6. The third kappa shape index (κ3) is 22.1. The first-order valence-electron chi connectivity index (χ1n) is 25.2. The van der Waals surface area contributed by atoms with Crippen LogP contribution in [0.5, 0.6) is 0 Å². The van der Waals surface area contributed by atoms with Gasteiger partial charge in [0, 0.05) is 89.5 Å². The van der Waals surface area contributed by atoms with E-state index in [0.29, 0.717) is 39.7 Å². The molecule has 0 saturated carbocycles. The van der Waals surface area contributed by atoms with Crippen molar-refractivity contribution in [1.82, 2.24) is 10.6 Å². The Labute approximate surface area is 475 Å². The molecule has 0 aliphatic rings. The zero-order valence-corrected chi connectivity index (χ0v) is 48.6. The Bertz CT molecular complexity index is 2650. The molecule has 0 aliphatic carbocycles. The number of carboxylic acids is 1. The molecule has 6 rings (SSSR count). The topological polar surface area (TPSA) is 207 Å². The Morgan fingerprint density at radius 1 is 0.397 bits per heavy atom. The van der Waals surface area contributed by atoms with Crippen LogP contribution in [0.4, 0.5) is 0 Å². The summed E-state index contributed by atoms with van der Waals surface area (Å²) in [6, 6.07) is 43.5. The number of nitrogens with two attached hydrogens (primary N) is 1. The first kappa shape index (κ1) is 64.0. The fourth-order valence-corrected chi connectivity index (χ4v) is 11.6. The van der Waals surface area contributed by atoms with Crippen LogP contribution in [0.25, 0.3) is 0 Å². The molecule has 2 unspecified atom stereocenters. The normalized spacial score (nSPS) is 11.5. The Balaban J connectivity index is 0.000000326. The minimum absolute atomic E-state index is 0.0174. The minimum Gasteiger partial charge on any atom is -0.480 e. The van der Waals surface area contributed by atoms with Gasteiger partial charge in [-0.05, 0) is 128 Å². The second-order valence-electron chi connectivity index (χ2n) is 18.6. The van der Waals surface area contributed by atoms with Crippen LogP contribution in [0.2, 0.25) is 0 Å². The summed E-state index contributed by atoms with van der Waals surface area (Å²) in [5.41, 5.74) is 10.8. The van der Waals surface area contributed by atoms with E-state index in [1.54, 1.807) is 83.4 Å². The lowest BCUT2D eigenvalue weighted by molar-refractivity contribution is -0.140. The number of thioether (sulfide) groups is 4. The number of nitrogens with one attached hydrogen (secondary N) is 2. The average molecular weight is 1130 g/mol. The van der Waals surface area contributed by atoms with E-state index in [1.165, 1.54) is 62.2 Å².